The van der Waals surface area contributed by atoms with E-state index in [0.717, 1.165) is 18.7 Å². The summed E-state index contributed by atoms with van der Waals surface area (Å²) in [6.07, 6.45) is 2.95. The van der Waals surface area contributed by atoms with Gasteiger partial charge in [-0.15, -0.1) is 0 Å². The highest BCUT2D eigenvalue weighted by Gasteiger charge is 2.28. The molecule has 2 heterocycles. The van der Waals surface area contributed by atoms with Crippen LogP contribution in [0.15, 0.2) is 18.3 Å². The number of pyridine rings is 1. The van der Waals surface area contributed by atoms with Crippen molar-refractivity contribution in [2.24, 2.45) is 5.92 Å². The molecule has 1 saturated heterocycles. The molecule has 0 bridgehead atoms. The number of rotatable bonds is 4. The first-order valence-electron chi connectivity index (χ1n) is 6.06. The molecule has 1 atom stereocenters. The highest BCUT2D eigenvalue weighted by Crippen LogP contribution is 2.21. The molecule has 0 saturated carbocycles. The molecule has 0 radical (unpaired) electrons. The van der Waals surface area contributed by atoms with Crippen molar-refractivity contribution in [3.8, 4) is 0 Å². The molecular formula is C13H16N2O3. The fourth-order valence-electron chi connectivity index (χ4n) is 2.12. The zero-order chi connectivity index (χ0) is 13.1. The molecule has 5 heteroatoms. The van der Waals surface area contributed by atoms with Crippen molar-refractivity contribution < 1.29 is 14.7 Å². The van der Waals surface area contributed by atoms with Crippen LogP contribution in [0.3, 0.4) is 0 Å². The Balaban J connectivity index is 2.01. The summed E-state index contributed by atoms with van der Waals surface area (Å²) < 4.78 is 0. The van der Waals surface area contributed by atoms with Gasteiger partial charge in [0.05, 0.1) is 17.8 Å². The molecule has 18 heavy (non-hydrogen) atoms. The van der Waals surface area contributed by atoms with Crippen molar-refractivity contribution in [1.29, 1.82) is 0 Å². The molecule has 1 aromatic heterocycles. The highest BCUT2D eigenvalue weighted by molar-refractivity contribution is 5.87. The van der Waals surface area contributed by atoms with Crippen LogP contribution in [-0.4, -0.2) is 33.4 Å². The summed E-state index contributed by atoms with van der Waals surface area (Å²) in [6.45, 7) is 3.33. The van der Waals surface area contributed by atoms with Crippen LogP contribution in [-0.2, 0) is 11.3 Å². The summed E-state index contributed by atoms with van der Waals surface area (Å²) in [6, 6.07) is 3.18. The molecule has 1 unspecified atom stereocenters. The zero-order valence-electron chi connectivity index (χ0n) is 10.3. The van der Waals surface area contributed by atoms with Crippen molar-refractivity contribution in [2.75, 3.05) is 6.54 Å². The predicted molar refractivity (Wildman–Crippen MR) is 65.0 cm³/mol. The van der Waals surface area contributed by atoms with E-state index in [0.29, 0.717) is 18.9 Å². The third-order valence-corrected chi connectivity index (χ3v) is 3.30. The summed E-state index contributed by atoms with van der Waals surface area (Å²) in [5.74, 6) is -0.390. The Morgan fingerprint density at radius 3 is 2.83 bits per heavy atom. The smallest absolute Gasteiger partial charge is 0.337 e. The monoisotopic (exact) mass is 248 g/mol. The third kappa shape index (κ3) is 2.67. The van der Waals surface area contributed by atoms with Gasteiger partial charge >= 0.3 is 5.97 Å². The van der Waals surface area contributed by atoms with Gasteiger partial charge in [-0.1, -0.05) is 13.3 Å². The van der Waals surface area contributed by atoms with Gasteiger partial charge in [-0.3, -0.25) is 9.78 Å². The topological polar surface area (TPSA) is 70.5 Å². The van der Waals surface area contributed by atoms with Gasteiger partial charge in [0, 0.05) is 19.2 Å². The van der Waals surface area contributed by atoms with Crippen molar-refractivity contribution in [1.82, 2.24) is 9.88 Å². The highest BCUT2D eigenvalue weighted by atomic mass is 16.4. The summed E-state index contributed by atoms with van der Waals surface area (Å²) in [4.78, 5) is 28.3. The lowest BCUT2D eigenvalue weighted by Gasteiger charge is -2.15. The van der Waals surface area contributed by atoms with E-state index in [4.69, 9.17) is 5.11 Å². The maximum absolute atomic E-state index is 11.7. The van der Waals surface area contributed by atoms with Crippen LogP contribution in [0.2, 0.25) is 0 Å². The molecular weight excluding hydrogens is 232 g/mol. The Labute approximate surface area is 105 Å². The zero-order valence-corrected chi connectivity index (χ0v) is 10.3. The number of aromatic carboxylic acids is 1. The lowest BCUT2D eigenvalue weighted by atomic mass is 10.1. The predicted octanol–water partition coefficient (Wildman–Crippen LogP) is 1.54. The van der Waals surface area contributed by atoms with Crippen LogP contribution in [0, 0.1) is 5.92 Å². The van der Waals surface area contributed by atoms with Gasteiger partial charge in [0.15, 0.2) is 0 Å². The number of carboxylic acids is 1. The number of hydrogen-bond donors (Lipinski definition) is 1. The summed E-state index contributed by atoms with van der Waals surface area (Å²) >= 11 is 0. The molecule has 1 N–H and O–H groups in total. The number of carboxylic acid groups (broad SMARTS) is 1. The molecule has 5 nitrogen and oxygen atoms in total. The van der Waals surface area contributed by atoms with Crippen LogP contribution >= 0.6 is 0 Å². The van der Waals surface area contributed by atoms with Crippen LogP contribution in [0.1, 0.15) is 35.8 Å². The Morgan fingerprint density at radius 1 is 1.56 bits per heavy atom. The first-order valence-corrected chi connectivity index (χ1v) is 6.06. The third-order valence-electron chi connectivity index (χ3n) is 3.30. The van der Waals surface area contributed by atoms with E-state index >= 15 is 0 Å². The standard InChI is InChI=1S/C13H16N2O3/c1-2-9-5-12(16)15(7-9)8-11-4-3-10(6-14-11)13(17)18/h3-4,6,9H,2,5,7-8H2,1H3,(H,17,18). The second-order valence-electron chi connectivity index (χ2n) is 4.60. The summed E-state index contributed by atoms with van der Waals surface area (Å²) in [5.41, 5.74) is 0.892. The minimum atomic E-state index is -0.989. The van der Waals surface area contributed by atoms with E-state index in [1.807, 2.05) is 0 Å². The van der Waals surface area contributed by atoms with Crippen molar-refractivity contribution in [3.05, 3.63) is 29.6 Å². The SMILES string of the molecule is CCC1CC(=O)N(Cc2ccc(C(=O)O)cn2)C1. The number of carbonyl (C=O) groups is 2. The van der Waals surface area contributed by atoms with Gasteiger partial charge in [-0.2, -0.15) is 0 Å². The lowest BCUT2D eigenvalue weighted by molar-refractivity contribution is -0.128. The molecule has 0 aliphatic carbocycles. The molecule has 1 amide bonds. The summed E-state index contributed by atoms with van der Waals surface area (Å²) in [5, 5.41) is 8.76. The lowest BCUT2D eigenvalue weighted by Crippen LogP contribution is -2.25. The fourth-order valence-corrected chi connectivity index (χ4v) is 2.12. The number of carbonyl (C=O) groups excluding carboxylic acids is 1. The second-order valence-corrected chi connectivity index (χ2v) is 4.60. The van der Waals surface area contributed by atoms with E-state index in [1.54, 1.807) is 11.0 Å². The average molecular weight is 248 g/mol. The number of nitrogens with zero attached hydrogens (tertiary/aromatic N) is 2. The molecule has 1 aliphatic heterocycles. The number of likely N-dealkylation sites (tertiary alicyclic amines) is 1. The molecule has 1 fully saturated rings. The largest absolute Gasteiger partial charge is 0.478 e. The maximum atomic E-state index is 11.7. The number of aromatic nitrogens is 1. The van der Waals surface area contributed by atoms with Crippen LogP contribution in [0.25, 0.3) is 0 Å². The van der Waals surface area contributed by atoms with E-state index < -0.39 is 5.97 Å². The van der Waals surface area contributed by atoms with Crippen molar-refractivity contribution >= 4 is 11.9 Å². The van der Waals surface area contributed by atoms with Crippen LogP contribution < -0.4 is 0 Å². The molecule has 0 spiro atoms. The van der Waals surface area contributed by atoms with E-state index in [-0.39, 0.29) is 11.5 Å². The second kappa shape index (κ2) is 5.16. The van der Waals surface area contributed by atoms with Gasteiger partial charge in [-0.05, 0) is 18.1 Å². The van der Waals surface area contributed by atoms with E-state index in [1.165, 1.54) is 12.3 Å². The quantitative estimate of drug-likeness (QED) is 0.877. The molecule has 1 aliphatic rings. The molecule has 0 aromatic carbocycles. The maximum Gasteiger partial charge on any atom is 0.337 e. The van der Waals surface area contributed by atoms with Crippen LogP contribution in [0.5, 0.6) is 0 Å². The van der Waals surface area contributed by atoms with E-state index in [2.05, 4.69) is 11.9 Å². The minimum Gasteiger partial charge on any atom is -0.478 e. The van der Waals surface area contributed by atoms with Gasteiger partial charge in [0.25, 0.3) is 0 Å². The Hall–Kier alpha value is -1.91. The molecule has 1 aromatic rings. The normalized spacial score (nSPS) is 19.3. The first kappa shape index (κ1) is 12.5. The van der Waals surface area contributed by atoms with Gasteiger partial charge in [0.2, 0.25) is 5.91 Å². The molecule has 96 valence electrons. The molecule has 2 rings (SSSR count). The van der Waals surface area contributed by atoms with Gasteiger partial charge in [0.1, 0.15) is 0 Å². The van der Waals surface area contributed by atoms with Crippen molar-refractivity contribution in [3.63, 3.8) is 0 Å². The van der Waals surface area contributed by atoms with Gasteiger partial charge < -0.3 is 10.0 Å². The Bertz CT molecular complexity index is 456. The van der Waals surface area contributed by atoms with Crippen molar-refractivity contribution in [2.45, 2.75) is 26.3 Å². The number of hydrogen-bond acceptors (Lipinski definition) is 3. The fraction of sp³-hybridized carbons (Fsp3) is 0.462. The first-order chi connectivity index (χ1) is 8.60. The minimum absolute atomic E-state index is 0.158. The average Bonchev–Trinajstić information content (AvgIpc) is 2.71. The summed E-state index contributed by atoms with van der Waals surface area (Å²) in [7, 11) is 0. The number of amides is 1. The van der Waals surface area contributed by atoms with E-state index in [9.17, 15) is 9.59 Å². The van der Waals surface area contributed by atoms with Crippen LogP contribution in [0.4, 0.5) is 0 Å². The Kier molecular flexibility index (Phi) is 3.60. The Morgan fingerprint density at radius 2 is 2.33 bits per heavy atom. The van der Waals surface area contributed by atoms with Gasteiger partial charge in [-0.25, -0.2) is 4.79 Å².